The van der Waals surface area contributed by atoms with Gasteiger partial charge >= 0.3 is 5.97 Å². The molecular weight excluding hydrogens is 254 g/mol. The van der Waals surface area contributed by atoms with Crippen LogP contribution in [0.4, 0.5) is 0 Å². The van der Waals surface area contributed by atoms with Crippen molar-refractivity contribution in [1.82, 2.24) is 5.32 Å². The van der Waals surface area contributed by atoms with Gasteiger partial charge in [-0.05, 0) is 29.5 Å². The Morgan fingerprint density at radius 1 is 1.30 bits per heavy atom. The number of nitrogens with one attached hydrogen (secondary N) is 1. The molecule has 112 valence electrons. The molecule has 1 aromatic rings. The first-order valence-corrected chi connectivity index (χ1v) is 7.08. The predicted octanol–water partition coefficient (Wildman–Crippen LogP) is 2.92. The minimum Gasteiger partial charge on any atom is -0.493 e. The largest absolute Gasteiger partial charge is 0.493 e. The predicted molar refractivity (Wildman–Crippen MR) is 79.9 cm³/mol. The zero-order chi connectivity index (χ0) is 15.1. The van der Waals surface area contributed by atoms with Gasteiger partial charge < -0.3 is 15.2 Å². The van der Waals surface area contributed by atoms with Gasteiger partial charge in [-0.25, -0.2) is 0 Å². The van der Waals surface area contributed by atoms with Crippen molar-refractivity contribution in [3.63, 3.8) is 0 Å². The van der Waals surface area contributed by atoms with Crippen LogP contribution in [0.15, 0.2) is 24.3 Å². The number of rotatable bonds is 8. The lowest BCUT2D eigenvalue weighted by molar-refractivity contribution is -0.140. The summed E-state index contributed by atoms with van der Waals surface area (Å²) in [5.74, 6) is 0.545. The van der Waals surface area contributed by atoms with Gasteiger partial charge in [-0.2, -0.15) is 0 Å². The van der Waals surface area contributed by atoms with E-state index in [4.69, 9.17) is 9.84 Å². The number of aliphatic carboxylic acids is 1. The van der Waals surface area contributed by atoms with Crippen molar-refractivity contribution >= 4 is 5.97 Å². The Balaban J connectivity index is 2.59. The summed E-state index contributed by atoms with van der Waals surface area (Å²) >= 11 is 0. The van der Waals surface area contributed by atoms with E-state index in [0.717, 1.165) is 11.3 Å². The number of hydrogen-bond acceptors (Lipinski definition) is 3. The highest BCUT2D eigenvalue weighted by Gasteiger charge is 2.20. The molecule has 0 aliphatic carbocycles. The first-order valence-electron chi connectivity index (χ1n) is 7.08. The molecule has 0 saturated heterocycles. The zero-order valence-corrected chi connectivity index (χ0v) is 12.7. The Morgan fingerprint density at radius 2 is 2.00 bits per heavy atom. The van der Waals surface area contributed by atoms with Gasteiger partial charge in [0.05, 0.1) is 6.61 Å². The highest BCUT2D eigenvalue weighted by molar-refractivity contribution is 5.73. The molecule has 1 unspecified atom stereocenters. The Morgan fingerprint density at radius 3 is 2.55 bits per heavy atom. The summed E-state index contributed by atoms with van der Waals surface area (Å²) in [6.45, 7) is 9.20. The normalized spacial score (nSPS) is 12.7. The van der Waals surface area contributed by atoms with Crippen molar-refractivity contribution in [1.29, 1.82) is 0 Å². The third kappa shape index (κ3) is 5.61. The fourth-order valence-corrected chi connectivity index (χ4v) is 1.84. The Kier molecular flexibility index (Phi) is 6.52. The molecule has 0 heterocycles. The SMILES string of the molecule is CC(C)COc1cccc(CNC(C(=O)O)C(C)C)c1. The van der Waals surface area contributed by atoms with Gasteiger partial charge in [0.1, 0.15) is 11.8 Å². The molecule has 2 N–H and O–H groups in total. The third-order valence-corrected chi connectivity index (χ3v) is 2.94. The van der Waals surface area contributed by atoms with E-state index < -0.39 is 12.0 Å². The van der Waals surface area contributed by atoms with E-state index in [1.54, 1.807) is 0 Å². The van der Waals surface area contributed by atoms with E-state index in [1.807, 2.05) is 38.1 Å². The van der Waals surface area contributed by atoms with Crippen LogP contribution in [-0.2, 0) is 11.3 Å². The van der Waals surface area contributed by atoms with Crippen molar-refractivity contribution in [2.24, 2.45) is 11.8 Å². The summed E-state index contributed by atoms with van der Waals surface area (Å²) in [6.07, 6.45) is 0. The Labute approximate surface area is 121 Å². The molecule has 0 amide bonds. The first-order chi connectivity index (χ1) is 9.40. The molecule has 1 rings (SSSR count). The molecular formula is C16H25NO3. The summed E-state index contributed by atoms with van der Waals surface area (Å²) in [5, 5.41) is 12.2. The van der Waals surface area contributed by atoms with Crippen molar-refractivity contribution in [3.8, 4) is 5.75 Å². The Bertz CT molecular complexity index is 429. The van der Waals surface area contributed by atoms with Gasteiger partial charge in [0, 0.05) is 6.54 Å². The molecule has 20 heavy (non-hydrogen) atoms. The van der Waals surface area contributed by atoms with Gasteiger partial charge in [-0.1, -0.05) is 39.8 Å². The molecule has 4 nitrogen and oxygen atoms in total. The van der Waals surface area contributed by atoms with Crippen LogP contribution in [0.3, 0.4) is 0 Å². The number of carbonyl (C=O) groups is 1. The first kappa shape index (κ1) is 16.5. The summed E-state index contributed by atoms with van der Waals surface area (Å²) in [4.78, 5) is 11.1. The minimum absolute atomic E-state index is 0.0490. The van der Waals surface area contributed by atoms with Crippen LogP contribution in [0.2, 0.25) is 0 Å². The van der Waals surface area contributed by atoms with Gasteiger partial charge in [-0.3, -0.25) is 4.79 Å². The van der Waals surface area contributed by atoms with Crippen LogP contribution in [0.25, 0.3) is 0 Å². The van der Waals surface area contributed by atoms with Crippen LogP contribution in [0.5, 0.6) is 5.75 Å². The van der Waals surface area contributed by atoms with Crippen molar-refractivity contribution < 1.29 is 14.6 Å². The Hall–Kier alpha value is -1.55. The second kappa shape index (κ2) is 7.90. The molecule has 0 aliphatic heterocycles. The van der Waals surface area contributed by atoms with Gasteiger partial charge in [0.15, 0.2) is 0 Å². The lowest BCUT2D eigenvalue weighted by Gasteiger charge is -2.18. The number of carboxylic acids is 1. The summed E-state index contributed by atoms with van der Waals surface area (Å²) in [6, 6.07) is 7.24. The maximum atomic E-state index is 11.1. The van der Waals surface area contributed by atoms with E-state index in [2.05, 4.69) is 19.2 Å². The molecule has 0 saturated carbocycles. The van der Waals surface area contributed by atoms with Crippen LogP contribution < -0.4 is 10.1 Å². The average molecular weight is 279 g/mol. The molecule has 0 aliphatic rings. The smallest absolute Gasteiger partial charge is 0.320 e. The summed E-state index contributed by atoms with van der Waals surface area (Å²) in [5.41, 5.74) is 1.03. The maximum absolute atomic E-state index is 11.1. The molecule has 0 fully saturated rings. The van der Waals surface area contributed by atoms with E-state index >= 15 is 0 Å². The van der Waals surface area contributed by atoms with Crippen LogP contribution in [-0.4, -0.2) is 23.7 Å². The highest BCUT2D eigenvalue weighted by Crippen LogP contribution is 2.15. The minimum atomic E-state index is -0.813. The molecule has 1 atom stereocenters. The van der Waals surface area contributed by atoms with E-state index in [1.165, 1.54) is 0 Å². The second-order valence-electron chi connectivity index (χ2n) is 5.79. The van der Waals surface area contributed by atoms with E-state index in [0.29, 0.717) is 19.1 Å². The monoisotopic (exact) mass is 279 g/mol. The fraction of sp³-hybridized carbons (Fsp3) is 0.562. The van der Waals surface area contributed by atoms with Crippen LogP contribution in [0.1, 0.15) is 33.3 Å². The molecule has 0 radical (unpaired) electrons. The van der Waals surface area contributed by atoms with Gasteiger partial charge in [0.2, 0.25) is 0 Å². The van der Waals surface area contributed by atoms with Gasteiger partial charge in [0.25, 0.3) is 0 Å². The topological polar surface area (TPSA) is 58.6 Å². The number of carboxylic acid groups (broad SMARTS) is 1. The molecule has 0 aromatic heterocycles. The van der Waals surface area contributed by atoms with Crippen LogP contribution >= 0.6 is 0 Å². The number of ether oxygens (including phenoxy) is 1. The van der Waals surface area contributed by atoms with E-state index in [-0.39, 0.29) is 5.92 Å². The third-order valence-electron chi connectivity index (χ3n) is 2.94. The molecule has 0 spiro atoms. The lowest BCUT2D eigenvalue weighted by Crippen LogP contribution is -2.40. The highest BCUT2D eigenvalue weighted by atomic mass is 16.5. The van der Waals surface area contributed by atoms with Crippen LogP contribution in [0, 0.1) is 11.8 Å². The lowest BCUT2D eigenvalue weighted by atomic mass is 10.0. The zero-order valence-electron chi connectivity index (χ0n) is 12.7. The maximum Gasteiger partial charge on any atom is 0.320 e. The number of benzene rings is 1. The summed E-state index contributed by atoms with van der Waals surface area (Å²) in [7, 11) is 0. The fourth-order valence-electron chi connectivity index (χ4n) is 1.84. The van der Waals surface area contributed by atoms with Crippen molar-refractivity contribution in [2.75, 3.05) is 6.61 Å². The average Bonchev–Trinajstić information content (AvgIpc) is 2.36. The number of hydrogen-bond donors (Lipinski definition) is 2. The van der Waals surface area contributed by atoms with Crippen molar-refractivity contribution in [3.05, 3.63) is 29.8 Å². The molecule has 0 bridgehead atoms. The second-order valence-corrected chi connectivity index (χ2v) is 5.79. The summed E-state index contributed by atoms with van der Waals surface area (Å²) < 4.78 is 5.67. The molecule has 1 aromatic carbocycles. The van der Waals surface area contributed by atoms with E-state index in [9.17, 15) is 4.79 Å². The van der Waals surface area contributed by atoms with Gasteiger partial charge in [-0.15, -0.1) is 0 Å². The quantitative estimate of drug-likeness (QED) is 0.768. The van der Waals surface area contributed by atoms with Crippen molar-refractivity contribution in [2.45, 2.75) is 40.3 Å². The standard InChI is InChI=1S/C16H25NO3/c1-11(2)10-20-14-7-5-6-13(8-14)9-17-15(12(3)4)16(18)19/h5-8,11-12,15,17H,9-10H2,1-4H3,(H,18,19). The molecule has 4 heteroatoms.